The maximum atomic E-state index is 12.1. The standard InChI is InChI=1S/C15H20ClN3O4S/c1-12(20)18-8-10-19(11-9-18)15(21)6-7-17-24(22,23)14-4-2-13(16)3-5-14/h2-5,17H,6-11H2,1H3. The molecule has 0 spiro atoms. The smallest absolute Gasteiger partial charge is 0.240 e. The molecular formula is C15H20ClN3O4S. The Bertz CT molecular complexity index is 698. The van der Waals surface area contributed by atoms with Gasteiger partial charge < -0.3 is 9.80 Å². The minimum absolute atomic E-state index is 0.00202. The predicted molar refractivity (Wildman–Crippen MR) is 90.1 cm³/mol. The van der Waals surface area contributed by atoms with Crippen molar-refractivity contribution in [2.45, 2.75) is 18.2 Å². The van der Waals surface area contributed by atoms with E-state index in [1.165, 1.54) is 31.2 Å². The topological polar surface area (TPSA) is 86.8 Å². The summed E-state index contributed by atoms with van der Waals surface area (Å²) < 4.78 is 26.6. The van der Waals surface area contributed by atoms with Crippen molar-refractivity contribution < 1.29 is 18.0 Å². The molecule has 9 heteroatoms. The normalized spacial score (nSPS) is 15.4. The number of carbonyl (C=O) groups is 2. The summed E-state index contributed by atoms with van der Waals surface area (Å²) in [5.74, 6) is -0.130. The molecule has 0 unspecified atom stereocenters. The summed E-state index contributed by atoms with van der Waals surface area (Å²) >= 11 is 5.73. The fourth-order valence-corrected chi connectivity index (χ4v) is 3.58. The molecule has 1 aromatic rings. The van der Waals surface area contributed by atoms with Crippen molar-refractivity contribution in [1.82, 2.24) is 14.5 Å². The van der Waals surface area contributed by atoms with Crippen LogP contribution in [0.3, 0.4) is 0 Å². The van der Waals surface area contributed by atoms with Gasteiger partial charge in [0, 0.05) is 51.1 Å². The number of amides is 2. The maximum Gasteiger partial charge on any atom is 0.240 e. The quantitative estimate of drug-likeness (QED) is 0.823. The van der Waals surface area contributed by atoms with E-state index in [0.29, 0.717) is 31.2 Å². The summed E-state index contributed by atoms with van der Waals surface area (Å²) in [4.78, 5) is 26.8. The first kappa shape index (κ1) is 18.7. The summed E-state index contributed by atoms with van der Waals surface area (Å²) in [6.45, 7) is 3.50. The summed E-state index contributed by atoms with van der Waals surface area (Å²) in [5, 5.41) is 0.453. The van der Waals surface area contributed by atoms with Crippen LogP contribution in [0, 0.1) is 0 Å². The van der Waals surface area contributed by atoms with Crippen LogP contribution < -0.4 is 4.72 Å². The summed E-state index contributed by atoms with van der Waals surface area (Å²) in [5.41, 5.74) is 0. The molecule has 0 saturated carbocycles. The van der Waals surface area contributed by atoms with Gasteiger partial charge in [0.25, 0.3) is 0 Å². The van der Waals surface area contributed by atoms with E-state index in [9.17, 15) is 18.0 Å². The highest BCUT2D eigenvalue weighted by atomic mass is 35.5. The predicted octanol–water partition coefficient (Wildman–Crippen LogP) is 0.699. The molecule has 0 bridgehead atoms. The zero-order valence-electron chi connectivity index (χ0n) is 13.4. The van der Waals surface area contributed by atoms with Crippen molar-refractivity contribution >= 4 is 33.4 Å². The first-order valence-corrected chi connectivity index (χ1v) is 9.44. The minimum Gasteiger partial charge on any atom is -0.339 e. The van der Waals surface area contributed by atoms with E-state index in [2.05, 4.69) is 4.72 Å². The van der Waals surface area contributed by atoms with Gasteiger partial charge in [-0.25, -0.2) is 13.1 Å². The summed E-state index contributed by atoms with van der Waals surface area (Å²) in [6.07, 6.45) is 0.0763. The molecule has 1 heterocycles. The maximum absolute atomic E-state index is 12.1. The number of nitrogens with one attached hydrogen (secondary N) is 1. The second-order valence-electron chi connectivity index (χ2n) is 5.49. The number of hydrogen-bond donors (Lipinski definition) is 1. The van der Waals surface area contributed by atoms with Crippen molar-refractivity contribution in [2.24, 2.45) is 0 Å². The zero-order valence-corrected chi connectivity index (χ0v) is 14.9. The van der Waals surface area contributed by atoms with Gasteiger partial charge in [-0.1, -0.05) is 11.6 Å². The van der Waals surface area contributed by atoms with Crippen LogP contribution in [0.5, 0.6) is 0 Å². The molecule has 132 valence electrons. The Morgan fingerprint density at radius 2 is 1.62 bits per heavy atom. The van der Waals surface area contributed by atoms with Gasteiger partial charge in [0.1, 0.15) is 0 Å². The van der Waals surface area contributed by atoms with Crippen molar-refractivity contribution in [3.8, 4) is 0 Å². The van der Waals surface area contributed by atoms with E-state index in [1.54, 1.807) is 9.80 Å². The zero-order chi connectivity index (χ0) is 17.7. The molecule has 1 aliphatic heterocycles. The molecule has 0 aromatic heterocycles. The number of halogens is 1. The van der Waals surface area contributed by atoms with Gasteiger partial charge >= 0.3 is 0 Å². The molecular weight excluding hydrogens is 354 g/mol. The molecule has 1 aliphatic rings. The number of sulfonamides is 1. The van der Waals surface area contributed by atoms with Crippen LogP contribution in [-0.4, -0.2) is 62.8 Å². The molecule has 0 radical (unpaired) electrons. The van der Waals surface area contributed by atoms with Gasteiger partial charge in [0.2, 0.25) is 21.8 Å². The lowest BCUT2D eigenvalue weighted by atomic mass is 10.3. The lowest BCUT2D eigenvalue weighted by Gasteiger charge is -2.34. The van der Waals surface area contributed by atoms with E-state index in [4.69, 9.17) is 11.6 Å². The van der Waals surface area contributed by atoms with Gasteiger partial charge in [-0.3, -0.25) is 9.59 Å². The lowest BCUT2D eigenvalue weighted by molar-refractivity contribution is -0.138. The lowest BCUT2D eigenvalue weighted by Crippen LogP contribution is -2.50. The Labute approximate surface area is 146 Å². The molecule has 1 N–H and O–H groups in total. The number of rotatable bonds is 5. The third kappa shape index (κ3) is 4.93. The fourth-order valence-electron chi connectivity index (χ4n) is 2.42. The highest BCUT2D eigenvalue weighted by molar-refractivity contribution is 7.89. The average molecular weight is 374 g/mol. The van der Waals surface area contributed by atoms with E-state index < -0.39 is 10.0 Å². The van der Waals surface area contributed by atoms with E-state index in [1.807, 2.05) is 0 Å². The largest absolute Gasteiger partial charge is 0.339 e. The second-order valence-corrected chi connectivity index (χ2v) is 7.69. The van der Waals surface area contributed by atoms with Crippen molar-refractivity contribution in [1.29, 1.82) is 0 Å². The molecule has 1 aromatic carbocycles. The van der Waals surface area contributed by atoms with Crippen molar-refractivity contribution in [2.75, 3.05) is 32.7 Å². The molecule has 7 nitrogen and oxygen atoms in total. The Kier molecular flexibility index (Phi) is 6.20. The van der Waals surface area contributed by atoms with Gasteiger partial charge in [-0.2, -0.15) is 0 Å². The second kappa shape index (κ2) is 7.96. The number of benzene rings is 1. The minimum atomic E-state index is -3.66. The number of hydrogen-bond acceptors (Lipinski definition) is 4. The van der Waals surface area contributed by atoms with Crippen LogP contribution in [0.1, 0.15) is 13.3 Å². The van der Waals surface area contributed by atoms with Crippen LogP contribution in [0.4, 0.5) is 0 Å². The van der Waals surface area contributed by atoms with Gasteiger partial charge in [-0.05, 0) is 24.3 Å². The first-order valence-electron chi connectivity index (χ1n) is 7.58. The van der Waals surface area contributed by atoms with E-state index in [-0.39, 0.29) is 29.7 Å². The first-order chi connectivity index (χ1) is 11.3. The van der Waals surface area contributed by atoms with Gasteiger partial charge in [0.15, 0.2) is 0 Å². The Morgan fingerprint density at radius 1 is 1.08 bits per heavy atom. The number of piperazine rings is 1. The molecule has 0 aliphatic carbocycles. The molecule has 0 atom stereocenters. The SMILES string of the molecule is CC(=O)N1CCN(C(=O)CCNS(=O)(=O)c2ccc(Cl)cc2)CC1. The third-order valence-electron chi connectivity index (χ3n) is 3.83. The third-order valence-corrected chi connectivity index (χ3v) is 5.56. The van der Waals surface area contributed by atoms with Crippen LogP contribution in [0.2, 0.25) is 5.02 Å². The molecule has 1 fully saturated rings. The molecule has 2 amide bonds. The molecule has 1 saturated heterocycles. The van der Waals surface area contributed by atoms with Crippen LogP contribution in [0.15, 0.2) is 29.2 Å². The number of nitrogens with zero attached hydrogens (tertiary/aromatic N) is 2. The summed E-state index contributed by atoms with van der Waals surface area (Å²) in [6, 6.07) is 5.81. The average Bonchev–Trinajstić information content (AvgIpc) is 2.55. The Hall–Kier alpha value is -1.64. The van der Waals surface area contributed by atoms with Crippen LogP contribution >= 0.6 is 11.6 Å². The van der Waals surface area contributed by atoms with Crippen molar-refractivity contribution in [3.05, 3.63) is 29.3 Å². The highest BCUT2D eigenvalue weighted by Gasteiger charge is 2.22. The van der Waals surface area contributed by atoms with Crippen molar-refractivity contribution in [3.63, 3.8) is 0 Å². The van der Waals surface area contributed by atoms with Crippen LogP contribution in [-0.2, 0) is 19.6 Å². The monoisotopic (exact) mass is 373 g/mol. The Morgan fingerprint density at radius 3 is 2.17 bits per heavy atom. The van der Waals surface area contributed by atoms with E-state index in [0.717, 1.165) is 0 Å². The van der Waals surface area contributed by atoms with Gasteiger partial charge in [-0.15, -0.1) is 0 Å². The fraction of sp³-hybridized carbons (Fsp3) is 0.467. The van der Waals surface area contributed by atoms with E-state index >= 15 is 0 Å². The highest BCUT2D eigenvalue weighted by Crippen LogP contribution is 2.13. The Balaban J connectivity index is 1.80. The molecule has 24 heavy (non-hydrogen) atoms. The van der Waals surface area contributed by atoms with Crippen LogP contribution in [0.25, 0.3) is 0 Å². The number of carbonyl (C=O) groups excluding carboxylic acids is 2. The molecule has 2 rings (SSSR count). The van der Waals surface area contributed by atoms with Gasteiger partial charge in [0.05, 0.1) is 4.90 Å². The summed E-state index contributed by atoms with van der Waals surface area (Å²) in [7, 11) is -3.66.